The van der Waals surface area contributed by atoms with Gasteiger partial charge in [0.15, 0.2) is 0 Å². The molecule has 1 fully saturated rings. The number of alkyl halides is 1. The summed E-state index contributed by atoms with van der Waals surface area (Å²) in [5, 5.41) is 11.8. The number of hydrogen-bond acceptors (Lipinski definition) is 2. The summed E-state index contributed by atoms with van der Waals surface area (Å²) < 4.78 is 0. The second kappa shape index (κ2) is 26.6. The van der Waals surface area contributed by atoms with Gasteiger partial charge in [0.1, 0.15) is 6.23 Å². The lowest BCUT2D eigenvalue weighted by Crippen LogP contribution is -2.34. The predicted molar refractivity (Wildman–Crippen MR) is 159 cm³/mol. The third-order valence-corrected chi connectivity index (χ3v) is 6.81. The van der Waals surface area contributed by atoms with E-state index in [1.54, 1.807) is 0 Å². The van der Waals surface area contributed by atoms with Gasteiger partial charge in [-0.2, -0.15) is 0 Å². The van der Waals surface area contributed by atoms with Gasteiger partial charge in [0.05, 0.1) is 0 Å². The number of allylic oxidation sites excluding steroid dienone is 4. The molecular formula is C30H59Cl2NO2. The highest BCUT2D eigenvalue weighted by Crippen LogP contribution is 2.48. The number of halogens is 2. The van der Waals surface area contributed by atoms with Crippen LogP contribution in [0.1, 0.15) is 133 Å². The third kappa shape index (κ3) is 22.4. The number of nitrogens with one attached hydrogen (secondary N) is 1. The lowest BCUT2D eigenvalue weighted by atomic mass is 9.62. The van der Waals surface area contributed by atoms with E-state index in [1.165, 1.54) is 58.3 Å². The molecule has 0 aromatic heterocycles. The molecule has 3 aliphatic rings. The summed E-state index contributed by atoms with van der Waals surface area (Å²) in [4.78, 5) is 9.34. The molecular weight excluding hydrogens is 477 g/mol. The van der Waals surface area contributed by atoms with E-state index in [0.29, 0.717) is 17.2 Å². The average Bonchev–Trinajstić information content (AvgIpc) is 2.84. The van der Waals surface area contributed by atoms with Crippen molar-refractivity contribution in [2.45, 2.75) is 145 Å². The van der Waals surface area contributed by atoms with Crippen LogP contribution < -0.4 is 5.32 Å². The molecule has 0 aromatic carbocycles. The summed E-state index contributed by atoms with van der Waals surface area (Å²) in [6.07, 6.45) is 20.4. The van der Waals surface area contributed by atoms with Gasteiger partial charge < -0.3 is 10.4 Å². The lowest BCUT2D eigenvalue weighted by molar-refractivity contribution is -0.111. The number of amides is 1. The molecule has 0 saturated heterocycles. The van der Waals surface area contributed by atoms with E-state index in [4.69, 9.17) is 28.3 Å². The summed E-state index contributed by atoms with van der Waals surface area (Å²) in [6, 6.07) is 0. The molecule has 0 heterocycles. The van der Waals surface area contributed by atoms with Crippen LogP contribution in [0.25, 0.3) is 0 Å². The van der Waals surface area contributed by atoms with Gasteiger partial charge in [0.2, 0.25) is 6.41 Å². The molecule has 3 nitrogen and oxygen atoms in total. The maximum Gasteiger partial charge on any atom is 0.209 e. The predicted octanol–water partition coefficient (Wildman–Crippen LogP) is 10.00. The molecule has 0 bridgehead atoms. The molecule has 1 saturated carbocycles. The minimum absolute atomic E-state index is 0.421. The van der Waals surface area contributed by atoms with Crippen molar-refractivity contribution in [1.82, 2.24) is 5.32 Å². The van der Waals surface area contributed by atoms with Gasteiger partial charge in [-0.15, -0.1) is 11.6 Å². The summed E-state index contributed by atoms with van der Waals surface area (Å²) in [5.74, 6) is 1.84. The summed E-state index contributed by atoms with van der Waals surface area (Å²) in [7, 11) is 0. The molecule has 210 valence electrons. The molecule has 2 N–H and O–H groups in total. The Morgan fingerprint density at radius 1 is 1.09 bits per heavy atom. The Kier molecular flexibility index (Phi) is 29.6. The van der Waals surface area contributed by atoms with Crippen molar-refractivity contribution in [2.75, 3.05) is 0 Å². The normalized spacial score (nSPS) is 24.7. The van der Waals surface area contributed by atoms with Crippen LogP contribution in [0.5, 0.6) is 0 Å². The van der Waals surface area contributed by atoms with Gasteiger partial charge in [-0.1, -0.05) is 104 Å². The van der Waals surface area contributed by atoms with E-state index < -0.39 is 6.23 Å². The fraction of sp³-hybridized carbons (Fsp3) is 0.833. The average molecular weight is 537 g/mol. The second-order valence-corrected chi connectivity index (χ2v) is 10.7. The van der Waals surface area contributed by atoms with Gasteiger partial charge in [0.25, 0.3) is 0 Å². The van der Waals surface area contributed by atoms with E-state index >= 15 is 0 Å². The van der Waals surface area contributed by atoms with Crippen LogP contribution in [0.15, 0.2) is 23.3 Å². The van der Waals surface area contributed by atoms with Crippen LogP contribution in [-0.2, 0) is 4.79 Å². The molecule has 4 atom stereocenters. The Balaban J connectivity index is -0.000000431. The van der Waals surface area contributed by atoms with Crippen molar-refractivity contribution in [1.29, 1.82) is 0 Å². The topological polar surface area (TPSA) is 49.3 Å². The van der Waals surface area contributed by atoms with Gasteiger partial charge in [-0.25, -0.2) is 0 Å². The highest BCUT2D eigenvalue weighted by Gasteiger charge is 2.37. The number of aliphatic hydroxyl groups excluding tert-OH is 1. The highest BCUT2D eigenvalue weighted by atomic mass is 35.5. The van der Waals surface area contributed by atoms with Crippen molar-refractivity contribution in [2.24, 2.45) is 17.3 Å². The van der Waals surface area contributed by atoms with Gasteiger partial charge in [-0.3, -0.25) is 4.79 Å². The van der Waals surface area contributed by atoms with Crippen molar-refractivity contribution in [3.63, 3.8) is 0 Å². The number of aliphatic hydroxyl groups is 1. The van der Waals surface area contributed by atoms with Gasteiger partial charge >= 0.3 is 0 Å². The first kappa shape index (κ1) is 39.0. The first-order valence-corrected chi connectivity index (χ1v) is 15.0. The van der Waals surface area contributed by atoms with Crippen LogP contribution >= 0.6 is 23.2 Å². The van der Waals surface area contributed by atoms with E-state index in [2.05, 4.69) is 51.2 Å². The van der Waals surface area contributed by atoms with Crippen molar-refractivity contribution in [3.05, 3.63) is 23.3 Å². The van der Waals surface area contributed by atoms with Crippen LogP contribution in [0.3, 0.4) is 0 Å². The molecule has 0 spiro atoms. The highest BCUT2D eigenvalue weighted by molar-refractivity contribution is 6.29. The zero-order chi connectivity index (χ0) is 27.7. The third-order valence-electron chi connectivity index (χ3n) is 6.07. The molecule has 3 aliphatic carbocycles. The summed E-state index contributed by atoms with van der Waals surface area (Å²) in [6.45, 7) is 18.7. The zero-order valence-corrected chi connectivity index (χ0v) is 26.0. The Hall–Kier alpha value is -0.510. The minimum Gasteiger partial charge on any atom is -0.374 e. The zero-order valence-electron chi connectivity index (χ0n) is 24.5. The molecule has 0 aliphatic heterocycles. The van der Waals surface area contributed by atoms with Gasteiger partial charge in [-0.05, 0) is 75.5 Å². The smallest absolute Gasteiger partial charge is 0.209 e. The molecule has 0 aromatic rings. The largest absolute Gasteiger partial charge is 0.374 e. The van der Waals surface area contributed by atoms with Gasteiger partial charge in [0, 0.05) is 10.4 Å². The number of hydrogen-bond donors (Lipinski definition) is 2. The fourth-order valence-corrected chi connectivity index (χ4v) is 4.86. The fourth-order valence-electron chi connectivity index (χ4n) is 4.44. The monoisotopic (exact) mass is 535 g/mol. The molecule has 3 rings (SSSR count). The van der Waals surface area contributed by atoms with E-state index in [-0.39, 0.29) is 0 Å². The Morgan fingerprint density at radius 3 is 2.00 bits per heavy atom. The Labute approximate surface area is 229 Å². The van der Waals surface area contributed by atoms with Crippen LogP contribution in [0, 0.1) is 17.3 Å². The molecule has 5 heteroatoms. The second-order valence-electron chi connectivity index (χ2n) is 9.58. The summed E-state index contributed by atoms with van der Waals surface area (Å²) >= 11 is 11.8. The number of carbonyl (C=O) groups excluding carboxylic acids is 1. The van der Waals surface area contributed by atoms with Crippen molar-refractivity contribution in [3.8, 4) is 0 Å². The minimum atomic E-state index is -0.720. The number of rotatable bonds is 3. The van der Waals surface area contributed by atoms with Crippen molar-refractivity contribution < 1.29 is 9.90 Å². The lowest BCUT2D eigenvalue weighted by Gasteiger charge is -2.44. The standard InChI is InChI=1S/C14H23Cl.C6H9Cl.C3H7NO2.C3H8.2C2H6/c1-14(2)10-4-3-5-13(14)11-6-8-12(15)9-7-11;7-6-4-2-1-3-5-6;1-3(6)4-2-5;1-3-2;2*1-2/h8,11,13H,3-7,9-10H2,1-2H3;1-2,6H,3-5H2;2-3,6H,1H3,(H,4,5);3H2,1-2H3;2*1-2H3. The number of carbonyl (C=O) groups is 1. The van der Waals surface area contributed by atoms with E-state index in [9.17, 15) is 4.79 Å². The SMILES string of the molecule is CC.CC.CC(O)NC=O.CC1(C)CCCCC1C1CC=C(Cl)CC1.CCC.ClC1CC=CCC1. The van der Waals surface area contributed by atoms with E-state index in [1.807, 2.05) is 27.7 Å². The van der Waals surface area contributed by atoms with Crippen molar-refractivity contribution >= 4 is 29.6 Å². The van der Waals surface area contributed by atoms with Crippen LogP contribution in [0.4, 0.5) is 0 Å². The quantitative estimate of drug-likeness (QED) is 0.163. The molecule has 35 heavy (non-hydrogen) atoms. The maximum absolute atomic E-state index is 9.34. The molecule has 4 unspecified atom stereocenters. The molecule has 1 amide bonds. The van der Waals surface area contributed by atoms with E-state index in [0.717, 1.165) is 36.1 Å². The Bertz CT molecular complexity index is 518. The first-order valence-electron chi connectivity index (χ1n) is 14.2. The van der Waals surface area contributed by atoms with Crippen LogP contribution in [-0.4, -0.2) is 23.1 Å². The maximum atomic E-state index is 9.34. The summed E-state index contributed by atoms with van der Waals surface area (Å²) in [5.41, 5.74) is 0.570. The van der Waals surface area contributed by atoms with Crippen LogP contribution in [0.2, 0.25) is 0 Å². The Morgan fingerprint density at radius 2 is 1.69 bits per heavy atom. The first-order chi connectivity index (χ1) is 16.7. The molecule has 0 radical (unpaired) electrons.